The summed E-state index contributed by atoms with van der Waals surface area (Å²) in [7, 11) is 0. The molecule has 0 atom stereocenters. The molecule has 0 aliphatic heterocycles. The highest BCUT2D eigenvalue weighted by Crippen LogP contribution is 2.25. The Kier molecular flexibility index (Phi) is 4.70. The summed E-state index contributed by atoms with van der Waals surface area (Å²) in [6.45, 7) is 3.77. The Labute approximate surface area is 143 Å². The summed E-state index contributed by atoms with van der Waals surface area (Å²) in [5.74, 6) is 1.14. The van der Waals surface area contributed by atoms with Crippen molar-refractivity contribution in [1.82, 2.24) is 0 Å². The summed E-state index contributed by atoms with van der Waals surface area (Å²) in [6.07, 6.45) is 1.23. The molecule has 3 aromatic rings. The third-order valence-corrected chi connectivity index (χ3v) is 3.34. The van der Waals surface area contributed by atoms with Crippen LogP contribution in [0.4, 0.5) is 0 Å². The molecule has 1 aromatic heterocycles. The van der Waals surface area contributed by atoms with Crippen LogP contribution in [0.3, 0.4) is 0 Å². The van der Waals surface area contributed by atoms with Crippen LogP contribution < -0.4 is 19.6 Å². The van der Waals surface area contributed by atoms with E-state index in [1.165, 1.54) is 31.4 Å². The summed E-state index contributed by atoms with van der Waals surface area (Å²) >= 11 is 0. The van der Waals surface area contributed by atoms with Crippen LogP contribution in [0.15, 0.2) is 57.9 Å². The van der Waals surface area contributed by atoms with Crippen LogP contribution >= 0.6 is 0 Å². The largest absolute Gasteiger partial charge is 0.494 e. The number of esters is 1. The van der Waals surface area contributed by atoms with Gasteiger partial charge in [0.25, 0.3) is 0 Å². The molecule has 6 heteroatoms. The maximum absolute atomic E-state index is 12.5. The number of rotatable bonds is 5. The van der Waals surface area contributed by atoms with Crippen molar-refractivity contribution in [2.45, 2.75) is 13.8 Å². The van der Waals surface area contributed by atoms with E-state index < -0.39 is 5.97 Å². The maximum atomic E-state index is 12.5. The molecule has 0 spiro atoms. The van der Waals surface area contributed by atoms with E-state index in [0.29, 0.717) is 29.1 Å². The second-order valence-electron chi connectivity index (χ2n) is 5.19. The molecule has 128 valence electrons. The normalized spacial score (nSPS) is 10.5. The first-order valence-corrected chi connectivity index (χ1v) is 7.71. The molecule has 0 saturated carbocycles. The number of hydrogen-bond donors (Lipinski definition) is 0. The van der Waals surface area contributed by atoms with E-state index in [2.05, 4.69) is 0 Å². The highest BCUT2D eigenvalue weighted by Gasteiger charge is 2.11. The average molecular weight is 340 g/mol. The average Bonchev–Trinajstić information content (AvgIpc) is 2.59. The first-order chi connectivity index (χ1) is 12.1. The quantitative estimate of drug-likeness (QED) is 0.518. The van der Waals surface area contributed by atoms with E-state index in [4.69, 9.17) is 18.6 Å². The first kappa shape index (κ1) is 16.6. The van der Waals surface area contributed by atoms with Gasteiger partial charge in [-0.05, 0) is 43.3 Å². The molecule has 0 amide bonds. The van der Waals surface area contributed by atoms with E-state index in [9.17, 15) is 9.59 Å². The van der Waals surface area contributed by atoms with Gasteiger partial charge in [-0.2, -0.15) is 0 Å². The molecule has 25 heavy (non-hydrogen) atoms. The van der Waals surface area contributed by atoms with Gasteiger partial charge in [-0.1, -0.05) is 0 Å². The van der Waals surface area contributed by atoms with Crippen molar-refractivity contribution < 1.29 is 23.4 Å². The van der Waals surface area contributed by atoms with Gasteiger partial charge in [0.2, 0.25) is 11.2 Å². The van der Waals surface area contributed by atoms with Crippen LogP contribution in [0.1, 0.15) is 13.8 Å². The Morgan fingerprint density at radius 1 is 1.04 bits per heavy atom. The molecule has 6 nitrogen and oxygen atoms in total. The van der Waals surface area contributed by atoms with Crippen molar-refractivity contribution in [3.05, 3.63) is 59.0 Å². The molecule has 3 rings (SSSR count). The summed E-state index contributed by atoms with van der Waals surface area (Å²) in [4.78, 5) is 23.5. The SMILES string of the molecule is CCOc1ccc(Oc2coc3cc(OC(C)=O)ccc3c2=O)cc1. The van der Waals surface area contributed by atoms with Gasteiger partial charge in [0.05, 0.1) is 12.0 Å². The molecule has 0 aliphatic carbocycles. The van der Waals surface area contributed by atoms with Gasteiger partial charge >= 0.3 is 5.97 Å². The molecular formula is C19H16O6. The van der Waals surface area contributed by atoms with E-state index in [-0.39, 0.29) is 11.2 Å². The van der Waals surface area contributed by atoms with E-state index in [0.717, 1.165) is 5.75 Å². The topological polar surface area (TPSA) is 75.0 Å². The Morgan fingerprint density at radius 2 is 1.72 bits per heavy atom. The monoisotopic (exact) mass is 340 g/mol. The van der Waals surface area contributed by atoms with Crippen molar-refractivity contribution in [2.75, 3.05) is 6.61 Å². The maximum Gasteiger partial charge on any atom is 0.308 e. The molecule has 0 saturated heterocycles. The van der Waals surface area contributed by atoms with Crippen LogP contribution in [-0.4, -0.2) is 12.6 Å². The predicted molar refractivity (Wildman–Crippen MR) is 91.5 cm³/mol. The summed E-state index contributed by atoms with van der Waals surface area (Å²) in [5.41, 5.74) is -0.00713. The molecule has 1 heterocycles. The standard InChI is InChI=1S/C19H16O6/c1-3-22-13-4-6-14(7-5-13)25-18-11-23-17-10-15(24-12(2)20)8-9-16(17)19(18)21/h4-11H,3H2,1-2H3. The molecule has 2 aromatic carbocycles. The predicted octanol–water partition coefficient (Wildman–Crippen LogP) is 3.91. The molecule has 0 bridgehead atoms. The van der Waals surface area contributed by atoms with Crippen LogP contribution in [0.25, 0.3) is 11.0 Å². The van der Waals surface area contributed by atoms with E-state index in [1.807, 2.05) is 6.92 Å². The lowest BCUT2D eigenvalue weighted by Crippen LogP contribution is -2.06. The van der Waals surface area contributed by atoms with Gasteiger partial charge < -0.3 is 18.6 Å². The first-order valence-electron chi connectivity index (χ1n) is 7.71. The zero-order valence-corrected chi connectivity index (χ0v) is 13.8. The molecule has 0 N–H and O–H groups in total. The van der Waals surface area contributed by atoms with Crippen molar-refractivity contribution in [3.8, 4) is 23.0 Å². The lowest BCUT2D eigenvalue weighted by molar-refractivity contribution is -0.131. The zero-order chi connectivity index (χ0) is 17.8. The Hall–Kier alpha value is -3.28. The fourth-order valence-corrected chi connectivity index (χ4v) is 2.29. The lowest BCUT2D eigenvalue weighted by atomic mass is 10.2. The Balaban J connectivity index is 1.88. The third kappa shape index (κ3) is 3.80. The highest BCUT2D eigenvalue weighted by molar-refractivity contribution is 5.80. The Bertz CT molecular complexity index is 956. The van der Waals surface area contributed by atoms with Gasteiger partial charge in [-0.3, -0.25) is 9.59 Å². The number of fused-ring (bicyclic) bond motifs is 1. The smallest absolute Gasteiger partial charge is 0.308 e. The third-order valence-electron chi connectivity index (χ3n) is 3.34. The van der Waals surface area contributed by atoms with Gasteiger partial charge in [0.15, 0.2) is 0 Å². The summed E-state index contributed by atoms with van der Waals surface area (Å²) < 4.78 is 21.4. The fraction of sp³-hybridized carbons (Fsp3) is 0.158. The number of ether oxygens (including phenoxy) is 3. The Morgan fingerprint density at radius 3 is 2.40 bits per heavy atom. The minimum absolute atomic E-state index is 0.0666. The minimum Gasteiger partial charge on any atom is -0.494 e. The number of carbonyl (C=O) groups excluding carboxylic acids is 1. The van der Waals surface area contributed by atoms with Crippen molar-refractivity contribution in [3.63, 3.8) is 0 Å². The van der Waals surface area contributed by atoms with E-state index in [1.54, 1.807) is 24.3 Å². The van der Waals surface area contributed by atoms with Crippen LogP contribution in [0.2, 0.25) is 0 Å². The highest BCUT2D eigenvalue weighted by atomic mass is 16.5. The molecule has 0 unspecified atom stereocenters. The van der Waals surface area contributed by atoms with E-state index >= 15 is 0 Å². The van der Waals surface area contributed by atoms with Crippen LogP contribution in [-0.2, 0) is 4.79 Å². The molecule has 0 radical (unpaired) electrons. The second-order valence-corrected chi connectivity index (χ2v) is 5.19. The van der Waals surface area contributed by atoms with Crippen LogP contribution in [0.5, 0.6) is 23.0 Å². The van der Waals surface area contributed by atoms with Crippen molar-refractivity contribution >= 4 is 16.9 Å². The van der Waals surface area contributed by atoms with Crippen molar-refractivity contribution in [1.29, 1.82) is 0 Å². The van der Waals surface area contributed by atoms with Gasteiger partial charge in [-0.15, -0.1) is 0 Å². The van der Waals surface area contributed by atoms with Gasteiger partial charge in [0, 0.05) is 13.0 Å². The minimum atomic E-state index is -0.447. The van der Waals surface area contributed by atoms with Crippen molar-refractivity contribution in [2.24, 2.45) is 0 Å². The summed E-state index contributed by atoms with van der Waals surface area (Å²) in [6, 6.07) is 11.5. The second kappa shape index (κ2) is 7.09. The number of carbonyl (C=O) groups is 1. The van der Waals surface area contributed by atoms with Crippen LogP contribution in [0, 0.1) is 0 Å². The number of benzene rings is 2. The fourth-order valence-electron chi connectivity index (χ4n) is 2.29. The van der Waals surface area contributed by atoms with Gasteiger partial charge in [-0.25, -0.2) is 0 Å². The molecular weight excluding hydrogens is 324 g/mol. The number of hydrogen-bond acceptors (Lipinski definition) is 6. The lowest BCUT2D eigenvalue weighted by Gasteiger charge is -2.08. The summed E-state index contributed by atoms with van der Waals surface area (Å²) in [5, 5.41) is 0.333. The molecule has 0 aliphatic rings. The molecule has 0 fully saturated rings. The zero-order valence-electron chi connectivity index (χ0n) is 13.8. The van der Waals surface area contributed by atoms with Gasteiger partial charge in [0.1, 0.15) is 29.1 Å².